The van der Waals surface area contributed by atoms with Gasteiger partial charge in [0.1, 0.15) is 0 Å². The lowest BCUT2D eigenvalue weighted by Crippen LogP contribution is -1.99. The number of aliphatic imine (C=N–C) groups is 1. The van der Waals surface area contributed by atoms with E-state index in [1.165, 1.54) is 36.8 Å². The van der Waals surface area contributed by atoms with E-state index in [0.29, 0.717) is 0 Å². The van der Waals surface area contributed by atoms with Crippen molar-refractivity contribution in [2.75, 3.05) is 6.54 Å². The van der Waals surface area contributed by atoms with Crippen molar-refractivity contribution in [3.05, 3.63) is 11.1 Å². The molecule has 1 aliphatic carbocycles. The van der Waals surface area contributed by atoms with Gasteiger partial charge in [0, 0.05) is 0 Å². The van der Waals surface area contributed by atoms with Crippen LogP contribution in [0.5, 0.6) is 0 Å². The molecular weight excluding hydrogens is 212 g/mol. The number of allylic oxidation sites excluding steroid dienone is 1. The zero-order valence-corrected chi connectivity index (χ0v) is 9.93. The molecule has 2 nitrogen and oxygen atoms in total. The van der Waals surface area contributed by atoms with Crippen LogP contribution in [0.2, 0.25) is 0 Å². The van der Waals surface area contributed by atoms with Gasteiger partial charge in [0.05, 0.1) is 16.9 Å². The molecule has 0 aromatic rings. The summed E-state index contributed by atoms with van der Waals surface area (Å²) < 4.78 is 0. The van der Waals surface area contributed by atoms with Crippen LogP contribution in [0, 0.1) is 5.41 Å². The molecule has 0 amide bonds. The van der Waals surface area contributed by atoms with Crippen molar-refractivity contribution < 1.29 is 0 Å². The molecule has 0 aromatic carbocycles. The number of isothiocyanates is 2. The summed E-state index contributed by atoms with van der Waals surface area (Å²) in [6.45, 7) is 2.99. The fraction of sp³-hybridized carbons (Fsp3) is 0.600. The summed E-state index contributed by atoms with van der Waals surface area (Å²) in [4.78, 5) is 3.95. The van der Waals surface area contributed by atoms with Crippen LogP contribution in [-0.2, 0) is 0 Å². The topological polar surface area (TPSA) is 36.2 Å². The van der Waals surface area contributed by atoms with Gasteiger partial charge >= 0.3 is 0 Å². The van der Waals surface area contributed by atoms with Crippen LogP contribution in [0.1, 0.15) is 32.6 Å². The van der Waals surface area contributed by atoms with Crippen LogP contribution >= 0.6 is 24.4 Å². The highest BCUT2D eigenvalue weighted by atomic mass is 32.1. The van der Waals surface area contributed by atoms with Crippen molar-refractivity contribution in [3.8, 4) is 0 Å². The van der Waals surface area contributed by atoms with E-state index in [1.807, 2.05) is 0 Å². The molecule has 0 aromatic heterocycles. The molecule has 14 heavy (non-hydrogen) atoms. The van der Waals surface area contributed by atoms with E-state index in [1.54, 1.807) is 5.16 Å². The summed E-state index contributed by atoms with van der Waals surface area (Å²) in [5.41, 5.74) is 3.00. The molecule has 0 radical (unpaired) electrons. The first-order valence-corrected chi connectivity index (χ1v) is 5.33. The molecule has 0 bridgehead atoms. The number of hydrogen-bond donors (Lipinski definition) is 1. The van der Waals surface area contributed by atoms with Gasteiger partial charge in [-0.1, -0.05) is 5.57 Å². The van der Waals surface area contributed by atoms with Gasteiger partial charge in [-0.05, 0) is 62.6 Å². The Labute approximate surface area is 95.6 Å². The Bertz CT molecular complexity index is 282. The first kappa shape index (κ1) is 13.3. The molecule has 1 N–H and O–H groups in total. The van der Waals surface area contributed by atoms with E-state index in [0.717, 1.165) is 6.54 Å². The van der Waals surface area contributed by atoms with Crippen molar-refractivity contribution in [1.29, 1.82) is 5.41 Å². The molecule has 4 heteroatoms. The van der Waals surface area contributed by atoms with Crippen LogP contribution in [0.15, 0.2) is 16.1 Å². The zero-order chi connectivity index (χ0) is 10.8. The number of rotatable bonds is 2. The maximum atomic E-state index is 5.77. The minimum atomic E-state index is 0.787. The predicted octanol–water partition coefficient (Wildman–Crippen LogP) is 3.65. The highest BCUT2D eigenvalue weighted by Crippen LogP contribution is 2.23. The van der Waals surface area contributed by atoms with Crippen molar-refractivity contribution >= 4 is 34.8 Å². The van der Waals surface area contributed by atoms with E-state index in [9.17, 15) is 0 Å². The number of nitrogens with zero attached hydrogens (tertiary/aromatic N) is 1. The van der Waals surface area contributed by atoms with Crippen LogP contribution in [0.3, 0.4) is 0 Å². The van der Waals surface area contributed by atoms with E-state index < -0.39 is 0 Å². The van der Waals surface area contributed by atoms with Crippen molar-refractivity contribution in [2.24, 2.45) is 4.99 Å². The standard InChI is InChI=1S/C9H13NS.CHNS/c1-8-4-2-3-5-9(8)6-10-7-11;2-1-3/h2-6H2,1H3;2H. The van der Waals surface area contributed by atoms with E-state index >= 15 is 0 Å². The second-order valence-electron chi connectivity index (χ2n) is 3.10. The Morgan fingerprint density at radius 3 is 2.43 bits per heavy atom. The molecule has 0 saturated heterocycles. The second kappa shape index (κ2) is 8.92. The van der Waals surface area contributed by atoms with Crippen molar-refractivity contribution in [2.45, 2.75) is 32.6 Å². The lowest BCUT2D eigenvalue weighted by Gasteiger charge is -2.15. The quantitative estimate of drug-likeness (QED) is 0.443. The number of nitrogens with one attached hydrogen (secondary N) is 1. The SMILES string of the molecule is CC1=C(CN=C=S)CCCC1.N=C=S. The van der Waals surface area contributed by atoms with E-state index in [2.05, 4.69) is 41.5 Å². The van der Waals surface area contributed by atoms with Gasteiger partial charge in [-0.15, -0.1) is 0 Å². The molecule has 0 spiro atoms. The van der Waals surface area contributed by atoms with Crippen LogP contribution in [0.25, 0.3) is 0 Å². The molecule has 1 rings (SSSR count). The van der Waals surface area contributed by atoms with Crippen LogP contribution < -0.4 is 0 Å². The Balaban J connectivity index is 0.000000500. The third kappa shape index (κ3) is 5.90. The normalized spacial score (nSPS) is 14.6. The molecular formula is C10H14N2S2. The Morgan fingerprint density at radius 1 is 1.36 bits per heavy atom. The Hall–Kier alpha value is -0.660. The van der Waals surface area contributed by atoms with E-state index in [4.69, 9.17) is 5.41 Å². The monoisotopic (exact) mass is 226 g/mol. The average Bonchev–Trinajstić information content (AvgIpc) is 2.18. The van der Waals surface area contributed by atoms with Crippen molar-refractivity contribution in [3.63, 3.8) is 0 Å². The molecule has 0 aliphatic heterocycles. The molecule has 0 atom stereocenters. The fourth-order valence-electron chi connectivity index (χ4n) is 1.46. The Kier molecular flexibility index (Phi) is 8.50. The van der Waals surface area contributed by atoms with Gasteiger partial charge < -0.3 is 0 Å². The summed E-state index contributed by atoms with van der Waals surface area (Å²) in [6.07, 6.45) is 5.13. The second-order valence-corrected chi connectivity index (χ2v) is 3.49. The van der Waals surface area contributed by atoms with E-state index in [-0.39, 0.29) is 0 Å². The third-order valence-electron chi connectivity index (χ3n) is 2.22. The molecule has 0 unspecified atom stereocenters. The van der Waals surface area contributed by atoms with Gasteiger partial charge in [-0.2, -0.15) is 0 Å². The van der Waals surface area contributed by atoms with Gasteiger partial charge in [0.25, 0.3) is 0 Å². The smallest absolute Gasteiger partial charge is 0.0705 e. The highest BCUT2D eigenvalue weighted by molar-refractivity contribution is 7.78. The molecule has 76 valence electrons. The first-order valence-electron chi connectivity index (χ1n) is 4.51. The number of thiocarbonyl (C=S) groups is 2. The fourth-order valence-corrected chi connectivity index (χ4v) is 1.52. The molecule has 1 aliphatic rings. The summed E-state index contributed by atoms with van der Waals surface area (Å²) in [6, 6.07) is 0. The minimum Gasteiger partial charge on any atom is -0.248 e. The van der Waals surface area contributed by atoms with Crippen LogP contribution in [0.4, 0.5) is 0 Å². The predicted molar refractivity (Wildman–Crippen MR) is 66.4 cm³/mol. The summed E-state index contributed by atoms with van der Waals surface area (Å²) in [5, 5.41) is 9.77. The van der Waals surface area contributed by atoms with Gasteiger partial charge in [0.15, 0.2) is 0 Å². The molecule has 0 saturated carbocycles. The van der Waals surface area contributed by atoms with Crippen molar-refractivity contribution in [1.82, 2.24) is 0 Å². The van der Waals surface area contributed by atoms with Gasteiger partial charge in [0.2, 0.25) is 0 Å². The zero-order valence-electron chi connectivity index (χ0n) is 8.30. The summed E-state index contributed by atoms with van der Waals surface area (Å²) in [5.74, 6) is 0. The Morgan fingerprint density at radius 2 is 1.93 bits per heavy atom. The highest BCUT2D eigenvalue weighted by Gasteiger charge is 2.07. The lowest BCUT2D eigenvalue weighted by molar-refractivity contribution is 0.663. The average molecular weight is 226 g/mol. The first-order chi connectivity index (χ1) is 6.76. The largest absolute Gasteiger partial charge is 0.248 e. The summed E-state index contributed by atoms with van der Waals surface area (Å²) in [7, 11) is 0. The lowest BCUT2D eigenvalue weighted by atomic mass is 9.93. The number of hydrogen-bond acceptors (Lipinski definition) is 4. The summed E-state index contributed by atoms with van der Waals surface area (Å²) >= 11 is 8.33. The van der Waals surface area contributed by atoms with Gasteiger partial charge in [-0.3, -0.25) is 0 Å². The van der Waals surface area contributed by atoms with Crippen LogP contribution in [-0.4, -0.2) is 16.9 Å². The maximum Gasteiger partial charge on any atom is 0.0705 e. The molecule has 0 fully saturated rings. The van der Waals surface area contributed by atoms with Gasteiger partial charge in [-0.25, -0.2) is 10.4 Å². The minimum absolute atomic E-state index is 0.787. The maximum absolute atomic E-state index is 5.77. The third-order valence-corrected chi connectivity index (χ3v) is 2.35. The molecule has 0 heterocycles.